The number of nitrogens with two attached hydrogens (primary N) is 1. The van der Waals surface area contributed by atoms with E-state index in [1.807, 2.05) is 6.07 Å². The van der Waals surface area contributed by atoms with Crippen LogP contribution in [0.1, 0.15) is 10.4 Å². The Morgan fingerprint density at radius 3 is 2.69 bits per heavy atom. The van der Waals surface area contributed by atoms with E-state index >= 15 is 0 Å². The van der Waals surface area contributed by atoms with Crippen LogP contribution in [-0.2, 0) is 4.74 Å². The minimum Gasteiger partial charge on any atom is -0.461 e. The van der Waals surface area contributed by atoms with E-state index in [-0.39, 0.29) is 12.6 Å². The molecule has 0 fully saturated rings. The molecule has 0 saturated carbocycles. The van der Waals surface area contributed by atoms with Gasteiger partial charge in [0.1, 0.15) is 6.61 Å². The molecular formula is C9H12N2O2. The van der Waals surface area contributed by atoms with Crippen LogP contribution in [-0.4, -0.2) is 19.1 Å². The molecule has 1 aromatic carbocycles. The van der Waals surface area contributed by atoms with Gasteiger partial charge in [-0.05, 0) is 12.1 Å². The first-order valence-electron chi connectivity index (χ1n) is 4.00. The van der Waals surface area contributed by atoms with Gasteiger partial charge in [0.15, 0.2) is 0 Å². The third-order valence-electron chi connectivity index (χ3n) is 1.49. The largest absolute Gasteiger partial charge is 0.461 e. The summed E-state index contributed by atoms with van der Waals surface area (Å²) in [4.78, 5) is 11.2. The van der Waals surface area contributed by atoms with Crippen molar-refractivity contribution in [1.82, 2.24) is 5.43 Å². The molecule has 1 aromatic rings. The summed E-state index contributed by atoms with van der Waals surface area (Å²) in [6.45, 7) is 0.739. The number of hydrazine groups is 1. The predicted octanol–water partition coefficient (Wildman–Crippen LogP) is 0.307. The van der Waals surface area contributed by atoms with Gasteiger partial charge in [0.05, 0.1) is 5.56 Å². The highest BCUT2D eigenvalue weighted by Gasteiger charge is 2.03. The zero-order valence-corrected chi connectivity index (χ0v) is 7.19. The van der Waals surface area contributed by atoms with Crippen molar-refractivity contribution in [3.8, 4) is 0 Å². The minimum atomic E-state index is -0.323. The highest BCUT2D eigenvalue weighted by Crippen LogP contribution is 2.00. The van der Waals surface area contributed by atoms with Crippen molar-refractivity contribution in [2.24, 2.45) is 5.84 Å². The maximum Gasteiger partial charge on any atom is 0.338 e. The Bertz CT molecular complexity index is 262. The van der Waals surface area contributed by atoms with E-state index in [0.717, 1.165) is 0 Å². The summed E-state index contributed by atoms with van der Waals surface area (Å²) < 4.78 is 4.89. The number of hydrogen-bond donors (Lipinski definition) is 2. The average Bonchev–Trinajstić information content (AvgIpc) is 2.19. The van der Waals surface area contributed by atoms with Crippen LogP contribution in [0.4, 0.5) is 0 Å². The molecule has 0 aliphatic heterocycles. The second kappa shape index (κ2) is 5.29. The Kier molecular flexibility index (Phi) is 3.95. The van der Waals surface area contributed by atoms with Crippen LogP contribution in [0.25, 0.3) is 0 Å². The van der Waals surface area contributed by atoms with Crippen molar-refractivity contribution >= 4 is 5.97 Å². The van der Waals surface area contributed by atoms with Crippen molar-refractivity contribution in [1.29, 1.82) is 0 Å². The lowest BCUT2D eigenvalue weighted by molar-refractivity contribution is 0.0509. The summed E-state index contributed by atoms with van der Waals surface area (Å²) in [5.74, 6) is 4.69. The molecule has 70 valence electrons. The molecule has 0 heterocycles. The Balaban J connectivity index is 2.40. The molecule has 0 aliphatic rings. The zero-order valence-electron chi connectivity index (χ0n) is 7.19. The molecular weight excluding hydrogens is 168 g/mol. The molecule has 0 saturated heterocycles. The van der Waals surface area contributed by atoms with Gasteiger partial charge in [-0.1, -0.05) is 18.2 Å². The predicted molar refractivity (Wildman–Crippen MR) is 48.9 cm³/mol. The van der Waals surface area contributed by atoms with E-state index in [0.29, 0.717) is 12.1 Å². The molecule has 1 rings (SSSR count). The van der Waals surface area contributed by atoms with Crippen molar-refractivity contribution in [3.63, 3.8) is 0 Å². The van der Waals surface area contributed by atoms with E-state index in [4.69, 9.17) is 10.6 Å². The van der Waals surface area contributed by atoms with Gasteiger partial charge in [0.2, 0.25) is 0 Å². The van der Waals surface area contributed by atoms with Crippen LogP contribution in [0.2, 0.25) is 0 Å². The fourth-order valence-corrected chi connectivity index (χ4v) is 0.860. The number of nitrogens with one attached hydrogen (secondary N) is 1. The average molecular weight is 180 g/mol. The Morgan fingerprint density at radius 2 is 2.08 bits per heavy atom. The fourth-order valence-electron chi connectivity index (χ4n) is 0.860. The van der Waals surface area contributed by atoms with Gasteiger partial charge in [-0.2, -0.15) is 0 Å². The molecule has 0 bridgehead atoms. The lowest BCUT2D eigenvalue weighted by Gasteiger charge is -2.03. The Morgan fingerprint density at radius 1 is 1.38 bits per heavy atom. The molecule has 13 heavy (non-hydrogen) atoms. The first-order valence-corrected chi connectivity index (χ1v) is 4.00. The highest BCUT2D eigenvalue weighted by atomic mass is 16.5. The zero-order chi connectivity index (χ0) is 9.52. The molecule has 0 spiro atoms. The first kappa shape index (κ1) is 9.70. The lowest BCUT2D eigenvalue weighted by Crippen LogP contribution is -2.27. The molecule has 4 heteroatoms. The molecule has 0 unspecified atom stereocenters. The lowest BCUT2D eigenvalue weighted by atomic mass is 10.2. The Labute approximate surface area is 76.7 Å². The first-order chi connectivity index (χ1) is 6.34. The molecule has 0 aliphatic carbocycles. The third kappa shape index (κ3) is 3.23. The van der Waals surface area contributed by atoms with Gasteiger partial charge in [-0.15, -0.1) is 0 Å². The number of ether oxygens (including phenoxy) is 1. The molecule has 4 nitrogen and oxygen atoms in total. The summed E-state index contributed by atoms with van der Waals surface area (Å²) in [5.41, 5.74) is 2.95. The summed E-state index contributed by atoms with van der Waals surface area (Å²) in [7, 11) is 0. The quantitative estimate of drug-likeness (QED) is 0.303. The van der Waals surface area contributed by atoms with Crippen LogP contribution in [0.3, 0.4) is 0 Å². The van der Waals surface area contributed by atoms with Crippen LogP contribution in [0.15, 0.2) is 30.3 Å². The molecule has 0 radical (unpaired) electrons. The highest BCUT2D eigenvalue weighted by molar-refractivity contribution is 5.89. The van der Waals surface area contributed by atoms with Crippen molar-refractivity contribution in [2.75, 3.05) is 13.2 Å². The van der Waals surface area contributed by atoms with Gasteiger partial charge < -0.3 is 4.74 Å². The van der Waals surface area contributed by atoms with E-state index in [1.54, 1.807) is 24.3 Å². The van der Waals surface area contributed by atoms with Gasteiger partial charge in [-0.3, -0.25) is 11.3 Å². The van der Waals surface area contributed by atoms with Crippen molar-refractivity contribution in [2.45, 2.75) is 0 Å². The van der Waals surface area contributed by atoms with E-state index in [2.05, 4.69) is 5.43 Å². The number of esters is 1. The van der Waals surface area contributed by atoms with E-state index < -0.39 is 0 Å². The summed E-state index contributed by atoms with van der Waals surface area (Å²) in [6, 6.07) is 8.84. The van der Waals surface area contributed by atoms with Crippen LogP contribution < -0.4 is 11.3 Å². The van der Waals surface area contributed by atoms with E-state index in [1.165, 1.54) is 0 Å². The molecule has 0 amide bonds. The topological polar surface area (TPSA) is 64.3 Å². The van der Waals surface area contributed by atoms with Crippen molar-refractivity contribution < 1.29 is 9.53 Å². The standard InChI is InChI=1S/C9H12N2O2/c10-11-6-7-13-9(12)8-4-2-1-3-5-8/h1-5,11H,6-7,10H2. The van der Waals surface area contributed by atoms with Gasteiger partial charge in [-0.25, -0.2) is 4.79 Å². The maximum atomic E-state index is 11.2. The molecule has 3 N–H and O–H groups in total. The number of rotatable bonds is 4. The number of carbonyl (C=O) groups excluding carboxylic acids is 1. The van der Waals surface area contributed by atoms with E-state index in [9.17, 15) is 4.79 Å². The van der Waals surface area contributed by atoms with Crippen molar-refractivity contribution in [3.05, 3.63) is 35.9 Å². The normalized spacial score (nSPS) is 9.62. The van der Waals surface area contributed by atoms with Crippen LogP contribution in [0, 0.1) is 0 Å². The van der Waals surface area contributed by atoms with Crippen LogP contribution >= 0.6 is 0 Å². The SMILES string of the molecule is NNCCOC(=O)c1ccccc1. The monoisotopic (exact) mass is 180 g/mol. The maximum absolute atomic E-state index is 11.2. The minimum absolute atomic E-state index is 0.282. The number of benzene rings is 1. The summed E-state index contributed by atoms with van der Waals surface area (Å²) >= 11 is 0. The smallest absolute Gasteiger partial charge is 0.338 e. The second-order valence-electron chi connectivity index (χ2n) is 2.46. The van der Waals surface area contributed by atoms with Gasteiger partial charge >= 0.3 is 5.97 Å². The van der Waals surface area contributed by atoms with Gasteiger partial charge in [0.25, 0.3) is 0 Å². The number of hydrogen-bond acceptors (Lipinski definition) is 4. The molecule has 0 aromatic heterocycles. The second-order valence-corrected chi connectivity index (χ2v) is 2.46. The number of carbonyl (C=O) groups is 1. The van der Waals surface area contributed by atoms with Crippen LogP contribution in [0.5, 0.6) is 0 Å². The third-order valence-corrected chi connectivity index (χ3v) is 1.49. The fraction of sp³-hybridized carbons (Fsp3) is 0.222. The molecule has 0 atom stereocenters. The summed E-state index contributed by atoms with van der Waals surface area (Å²) in [6.07, 6.45) is 0. The summed E-state index contributed by atoms with van der Waals surface area (Å²) in [5, 5.41) is 0. The Hall–Kier alpha value is -1.39. The van der Waals surface area contributed by atoms with Gasteiger partial charge in [0, 0.05) is 6.54 Å².